The molecule has 0 aliphatic carbocycles. The van der Waals surface area contributed by atoms with Gasteiger partial charge in [-0.3, -0.25) is 4.31 Å². The number of sulfonamides is 1. The molecule has 3 rings (SSSR count). The van der Waals surface area contributed by atoms with Crippen LogP contribution < -0.4 is 4.31 Å². The molecule has 9 heteroatoms. The molecule has 0 saturated carbocycles. The Bertz CT molecular complexity index is 1150. The van der Waals surface area contributed by atoms with Gasteiger partial charge in [0.25, 0.3) is 10.0 Å². The van der Waals surface area contributed by atoms with Crippen LogP contribution in [0.5, 0.6) is 0 Å². The van der Waals surface area contributed by atoms with Crippen molar-refractivity contribution in [1.29, 1.82) is 0 Å². The molecule has 0 aliphatic rings. The van der Waals surface area contributed by atoms with Crippen LogP contribution in [0.1, 0.15) is 39.4 Å². The smallest absolute Gasteiger partial charge is 0.264 e. The van der Waals surface area contributed by atoms with Crippen molar-refractivity contribution < 1.29 is 13.2 Å². The van der Waals surface area contributed by atoms with E-state index in [1.165, 1.54) is 4.31 Å². The van der Waals surface area contributed by atoms with Crippen molar-refractivity contribution in [3.8, 4) is 11.4 Å². The van der Waals surface area contributed by atoms with E-state index in [-0.39, 0.29) is 11.0 Å². The molecule has 0 amide bonds. The second-order valence-electron chi connectivity index (χ2n) is 7.76. The molecular weight excluding hydrogens is 448 g/mol. The highest BCUT2D eigenvalue weighted by Crippen LogP contribution is 2.35. The van der Waals surface area contributed by atoms with Gasteiger partial charge in [0.1, 0.15) is 6.61 Å². The van der Waals surface area contributed by atoms with E-state index in [9.17, 15) is 8.42 Å². The normalized spacial score (nSPS) is 11.8. The fourth-order valence-electron chi connectivity index (χ4n) is 3.26. The van der Waals surface area contributed by atoms with E-state index in [1.54, 1.807) is 48.5 Å². The zero-order valence-electron chi connectivity index (χ0n) is 18.8. The monoisotopic (exact) mass is 476 g/mol. The minimum Gasteiger partial charge on any atom is -0.371 e. The summed E-state index contributed by atoms with van der Waals surface area (Å²) in [5, 5.41) is 9.08. The van der Waals surface area contributed by atoms with Crippen LogP contribution in [0.3, 0.4) is 0 Å². The number of hydrogen-bond acceptors (Lipinski definition) is 5. The highest BCUT2D eigenvalue weighted by atomic mass is 35.5. The molecule has 0 saturated heterocycles. The van der Waals surface area contributed by atoms with Gasteiger partial charge >= 0.3 is 0 Å². The number of anilines is 1. The Balaban J connectivity index is 2.12. The van der Waals surface area contributed by atoms with Crippen LogP contribution >= 0.6 is 11.6 Å². The van der Waals surface area contributed by atoms with Crippen LogP contribution in [0.15, 0.2) is 53.4 Å². The number of unbranched alkanes of at least 4 members (excludes halogenated alkanes) is 1. The van der Waals surface area contributed by atoms with Gasteiger partial charge in [0.15, 0.2) is 11.6 Å². The zero-order chi connectivity index (χ0) is 23.3. The summed E-state index contributed by atoms with van der Waals surface area (Å²) in [4.78, 5) is 0.237. The first-order valence-corrected chi connectivity index (χ1v) is 12.4. The second kappa shape index (κ2) is 10.5. The van der Waals surface area contributed by atoms with E-state index in [2.05, 4.69) is 10.2 Å². The lowest BCUT2D eigenvalue weighted by Crippen LogP contribution is -2.32. The fourth-order valence-corrected chi connectivity index (χ4v) is 4.97. The average molecular weight is 477 g/mol. The van der Waals surface area contributed by atoms with E-state index >= 15 is 0 Å². The Kier molecular flexibility index (Phi) is 7.92. The van der Waals surface area contributed by atoms with Crippen molar-refractivity contribution in [2.24, 2.45) is 7.05 Å². The molecular formula is C23H29ClN4O3S. The number of hydrogen-bond donors (Lipinski definition) is 0. The number of rotatable bonds is 10. The van der Waals surface area contributed by atoms with E-state index < -0.39 is 10.0 Å². The van der Waals surface area contributed by atoms with Gasteiger partial charge in [-0.25, -0.2) is 8.42 Å². The summed E-state index contributed by atoms with van der Waals surface area (Å²) in [5.74, 6) is 1.17. The number of ether oxygens (including phenoxy) is 1. The van der Waals surface area contributed by atoms with Gasteiger partial charge in [0.05, 0.1) is 16.7 Å². The third kappa shape index (κ3) is 5.31. The Morgan fingerprint density at radius 1 is 1.12 bits per heavy atom. The van der Waals surface area contributed by atoms with E-state index in [0.717, 1.165) is 6.42 Å². The van der Waals surface area contributed by atoms with Crippen molar-refractivity contribution in [1.82, 2.24) is 14.8 Å². The number of nitrogens with zero attached hydrogens (tertiary/aromatic N) is 4. The maximum Gasteiger partial charge on any atom is 0.264 e. The van der Waals surface area contributed by atoms with Gasteiger partial charge in [0.2, 0.25) is 0 Å². The molecule has 3 aromatic rings. The highest BCUT2D eigenvalue weighted by molar-refractivity contribution is 7.92. The van der Waals surface area contributed by atoms with Crippen molar-refractivity contribution in [3.05, 3.63) is 59.4 Å². The fraction of sp³-hybridized carbons (Fsp3) is 0.391. The number of aromatic nitrogens is 3. The van der Waals surface area contributed by atoms with Crippen LogP contribution in [0.2, 0.25) is 5.02 Å². The summed E-state index contributed by atoms with van der Waals surface area (Å²) in [6.07, 6.45) is 1.61. The second-order valence-corrected chi connectivity index (χ2v) is 10.1. The predicted octanol–water partition coefficient (Wildman–Crippen LogP) is 5.06. The van der Waals surface area contributed by atoms with Crippen molar-refractivity contribution >= 4 is 27.3 Å². The lowest BCUT2D eigenvalue weighted by atomic mass is 10.1. The first-order valence-electron chi connectivity index (χ1n) is 10.6. The molecule has 0 aliphatic heterocycles. The molecule has 0 radical (unpaired) electrons. The van der Waals surface area contributed by atoms with Crippen LogP contribution in [0.4, 0.5) is 5.69 Å². The average Bonchev–Trinajstić information content (AvgIpc) is 3.14. The van der Waals surface area contributed by atoms with Crippen LogP contribution in [0.25, 0.3) is 11.4 Å². The molecule has 1 heterocycles. The highest BCUT2D eigenvalue weighted by Gasteiger charge is 2.28. The van der Waals surface area contributed by atoms with Gasteiger partial charge < -0.3 is 9.30 Å². The lowest BCUT2D eigenvalue weighted by molar-refractivity contribution is 0.0598. The van der Waals surface area contributed by atoms with Gasteiger partial charge in [-0.05, 0) is 50.6 Å². The minimum atomic E-state index is -3.79. The van der Waals surface area contributed by atoms with Crippen molar-refractivity contribution in [3.63, 3.8) is 0 Å². The Morgan fingerprint density at radius 3 is 2.50 bits per heavy atom. The molecule has 0 N–H and O–H groups in total. The van der Waals surface area contributed by atoms with Gasteiger partial charge in [0, 0.05) is 24.2 Å². The van der Waals surface area contributed by atoms with Gasteiger partial charge in [-0.1, -0.05) is 43.1 Å². The van der Waals surface area contributed by atoms with Crippen molar-refractivity contribution in [2.45, 2.75) is 51.2 Å². The van der Waals surface area contributed by atoms with Gasteiger partial charge in [-0.15, -0.1) is 10.2 Å². The van der Waals surface area contributed by atoms with Crippen LogP contribution in [0, 0.1) is 0 Å². The molecule has 2 aromatic carbocycles. The summed E-state index contributed by atoms with van der Waals surface area (Å²) in [6.45, 7) is 6.57. The molecule has 1 aromatic heterocycles. The summed E-state index contributed by atoms with van der Waals surface area (Å²) in [6, 6.07) is 13.6. The maximum absolute atomic E-state index is 13.6. The maximum atomic E-state index is 13.6. The summed E-state index contributed by atoms with van der Waals surface area (Å²) >= 11 is 6.32. The molecule has 0 unspecified atom stereocenters. The quantitative estimate of drug-likeness (QED) is 0.409. The van der Waals surface area contributed by atoms with Crippen LogP contribution in [-0.2, 0) is 28.4 Å². The number of benzene rings is 2. The summed E-state index contributed by atoms with van der Waals surface area (Å²) in [7, 11) is -1.95. The van der Waals surface area contributed by atoms with Crippen LogP contribution in [-0.4, -0.2) is 35.8 Å². The lowest BCUT2D eigenvalue weighted by Gasteiger charge is -2.26. The Hall–Kier alpha value is -2.42. The Labute approximate surface area is 195 Å². The first kappa shape index (κ1) is 24.2. The van der Waals surface area contributed by atoms with Gasteiger partial charge in [-0.2, -0.15) is 0 Å². The summed E-state index contributed by atoms with van der Waals surface area (Å²) < 4.78 is 36.1. The van der Waals surface area contributed by atoms with Crippen molar-refractivity contribution in [2.75, 3.05) is 10.8 Å². The largest absolute Gasteiger partial charge is 0.371 e. The minimum absolute atomic E-state index is 0.0532. The molecule has 0 fully saturated rings. The molecule has 0 bridgehead atoms. The molecule has 0 atom stereocenters. The van der Waals surface area contributed by atoms with E-state index in [1.807, 2.05) is 32.4 Å². The van der Waals surface area contributed by atoms with E-state index in [0.29, 0.717) is 47.5 Å². The molecule has 7 nitrogen and oxygen atoms in total. The third-order valence-electron chi connectivity index (χ3n) is 5.02. The Morgan fingerprint density at radius 2 is 1.84 bits per heavy atom. The number of halogens is 1. The molecule has 172 valence electrons. The topological polar surface area (TPSA) is 77.3 Å². The SMILES string of the molecule is CCCCN(c1ccc(Cl)cc1-c1nnc(COC(C)C)n1C)S(=O)(=O)c1ccccc1. The predicted molar refractivity (Wildman–Crippen MR) is 127 cm³/mol. The first-order chi connectivity index (χ1) is 15.3. The summed E-state index contributed by atoms with van der Waals surface area (Å²) in [5.41, 5.74) is 1.11. The molecule has 32 heavy (non-hydrogen) atoms. The molecule has 0 spiro atoms. The third-order valence-corrected chi connectivity index (χ3v) is 7.09. The van der Waals surface area contributed by atoms with E-state index in [4.69, 9.17) is 16.3 Å². The standard InChI is InChI=1S/C23H29ClN4O3S/c1-5-6-14-28(32(29,30)19-10-8-7-9-11-19)21-13-12-18(24)15-20(21)23-26-25-22(27(23)4)16-31-17(2)3/h7-13,15,17H,5-6,14,16H2,1-4H3. The zero-order valence-corrected chi connectivity index (χ0v) is 20.4.